The van der Waals surface area contributed by atoms with Crippen molar-refractivity contribution in [3.8, 4) is 11.1 Å². The van der Waals surface area contributed by atoms with Gasteiger partial charge < -0.3 is 10.1 Å². The molecule has 0 saturated carbocycles. The molecule has 4 heteroatoms. The number of allylic oxidation sites excluding steroid dienone is 1. The molecule has 4 nitrogen and oxygen atoms in total. The molecule has 0 fully saturated rings. The monoisotopic (exact) mass is 295 g/mol. The second kappa shape index (κ2) is 7.78. The van der Waals surface area contributed by atoms with Gasteiger partial charge in [0, 0.05) is 17.8 Å². The zero-order valence-corrected chi connectivity index (χ0v) is 12.3. The molecule has 0 bridgehead atoms. The standard InChI is InChI=1S/C18H17NO3/c1-22-18(21)13-19-12-11-17(20)16-9-7-15(8-10-16)14-5-3-2-4-6-14/h2-12,19H,13H2,1H3/b12-11-. The van der Waals surface area contributed by atoms with Crippen LogP contribution in [0.5, 0.6) is 0 Å². The molecule has 22 heavy (non-hydrogen) atoms. The van der Waals surface area contributed by atoms with E-state index in [0.29, 0.717) is 5.56 Å². The van der Waals surface area contributed by atoms with Gasteiger partial charge in [-0.1, -0.05) is 54.6 Å². The van der Waals surface area contributed by atoms with Gasteiger partial charge in [0.25, 0.3) is 0 Å². The van der Waals surface area contributed by atoms with Crippen LogP contribution in [0.25, 0.3) is 11.1 Å². The van der Waals surface area contributed by atoms with Gasteiger partial charge in [-0.3, -0.25) is 9.59 Å². The Bertz CT molecular complexity index is 660. The molecule has 0 radical (unpaired) electrons. The Hall–Kier alpha value is -2.88. The summed E-state index contributed by atoms with van der Waals surface area (Å²) in [5.41, 5.74) is 2.76. The third kappa shape index (κ3) is 4.31. The minimum atomic E-state index is -0.385. The molecule has 112 valence electrons. The zero-order chi connectivity index (χ0) is 15.8. The van der Waals surface area contributed by atoms with Crippen LogP contribution in [0.4, 0.5) is 0 Å². The lowest BCUT2D eigenvalue weighted by Crippen LogP contribution is -2.19. The second-order valence-electron chi connectivity index (χ2n) is 4.60. The largest absolute Gasteiger partial charge is 0.468 e. The van der Waals surface area contributed by atoms with E-state index >= 15 is 0 Å². The van der Waals surface area contributed by atoms with Crippen molar-refractivity contribution in [1.29, 1.82) is 0 Å². The first-order valence-electron chi connectivity index (χ1n) is 6.87. The topological polar surface area (TPSA) is 55.4 Å². The fourth-order valence-electron chi connectivity index (χ4n) is 1.90. The van der Waals surface area contributed by atoms with Gasteiger partial charge in [0.15, 0.2) is 5.78 Å². The predicted molar refractivity (Wildman–Crippen MR) is 85.4 cm³/mol. The van der Waals surface area contributed by atoms with Crippen LogP contribution in [0.2, 0.25) is 0 Å². The van der Waals surface area contributed by atoms with Gasteiger partial charge >= 0.3 is 5.97 Å². The smallest absolute Gasteiger partial charge is 0.325 e. The van der Waals surface area contributed by atoms with E-state index in [2.05, 4.69) is 10.1 Å². The van der Waals surface area contributed by atoms with Gasteiger partial charge in [-0.15, -0.1) is 0 Å². The molecule has 0 spiro atoms. The van der Waals surface area contributed by atoms with Crippen LogP contribution in [-0.2, 0) is 9.53 Å². The molecular weight excluding hydrogens is 278 g/mol. The van der Waals surface area contributed by atoms with Crippen LogP contribution < -0.4 is 5.32 Å². The fraction of sp³-hybridized carbons (Fsp3) is 0.111. The summed E-state index contributed by atoms with van der Waals surface area (Å²) in [6.07, 6.45) is 2.84. The third-order valence-electron chi connectivity index (χ3n) is 3.10. The van der Waals surface area contributed by atoms with Gasteiger partial charge in [-0.05, 0) is 11.1 Å². The summed E-state index contributed by atoms with van der Waals surface area (Å²) in [6, 6.07) is 17.4. The van der Waals surface area contributed by atoms with Crippen molar-refractivity contribution in [2.75, 3.05) is 13.7 Å². The van der Waals surface area contributed by atoms with E-state index in [4.69, 9.17) is 0 Å². The van der Waals surface area contributed by atoms with Crippen LogP contribution in [0.15, 0.2) is 66.9 Å². The minimum Gasteiger partial charge on any atom is -0.468 e. The maximum Gasteiger partial charge on any atom is 0.325 e. The molecule has 0 saturated heterocycles. The fourth-order valence-corrected chi connectivity index (χ4v) is 1.90. The average molecular weight is 295 g/mol. The minimum absolute atomic E-state index is 0.0349. The summed E-state index contributed by atoms with van der Waals surface area (Å²) in [4.78, 5) is 22.9. The number of benzene rings is 2. The Kier molecular flexibility index (Phi) is 5.49. The first kappa shape index (κ1) is 15.5. The Morgan fingerprint density at radius 2 is 1.64 bits per heavy atom. The van der Waals surface area contributed by atoms with Gasteiger partial charge in [0.1, 0.15) is 6.54 Å². The second-order valence-corrected chi connectivity index (χ2v) is 4.60. The molecular formula is C18H17NO3. The Morgan fingerprint density at radius 3 is 2.27 bits per heavy atom. The maximum atomic E-state index is 12.0. The van der Waals surface area contributed by atoms with Crippen molar-refractivity contribution >= 4 is 11.8 Å². The molecule has 2 aromatic rings. The summed E-state index contributed by atoms with van der Waals surface area (Å²) in [6.45, 7) is 0.0349. The van der Waals surface area contributed by atoms with Crippen molar-refractivity contribution in [3.05, 3.63) is 72.4 Å². The summed E-state index contributed by atoms with van der Waals surface area (Å²) in [7, 11) is 1.31. The van der Waals surface area contributed by atoms with Gasteiger partial charge in [-0.2, -0.15) is 0 Å². The Balaban J connectivity index is 1.97. The molecule has 2 aromatic carbocycles. The molecule has 1 N–H and O–H groups in total. The number of hydrogen-bond acceptors (Lipinski definition) is 4. The highest BCUT2D eigenvalue weighted by Gasteiger charge is 2.03. The van der Waals surface area contributed by atoms with Crippen LogP contribution in [0.3, 0.4) is 0 Å². The van der Waals surface area contributed by atoms with Crippen LogP contribution >= 0.6 is 0 Å². The molecule has 0 aliphatic carbocycles. The maximum absolute atomic E-state index is 12.0. The summed E-state index contributed by atoms with van der Waals surface area (Å²) >= 11 is 0. The highest BCUT2D eigenvalue weighted by atomic mass is 16.5. The SMILES string of the molecule is COC(=O)CN/C=C\C(=O)c1ccc(-c2ccccc2)cc1. The number of carbonyl (C=O) groups is 2. The van der Waals surface area contributed by atoms with E-state index in [0.717, 1.165) is 11.1 Å². The number of methoxy groups -OCH3 is 1. The number of rotatable bonds is 6. The number of nitrogens with one attached hydrogen (secondary N) is 1. The summed E-state index contributed by atoms with van der Waals surface area (Å²) < 4.78 is 4.48. The van der Waals surface area contributed by atoms with E-state index in [9.17, 15) is 9.59 Å². The molecule has 0 aliphatic rings. The molecule has 2 rings (SSSR count). The summed E-state index contributed by atoms with van der Waals surface area (Å²) in [5.74, 6) is -0.513. The number of hydrogen-bond donors (Lipinski definition) is 1. The van der Waals surface area contributed by atoms with Gasteiger partial charge in [0.05, 0.1) is 7.11 Å². The predicted octanol–water partition coefficient (Wildman–Crippen LogP) is 2.81. The average Bonchev–Trinajstić information content (AvgIpc) is 2.59. The van der Waals surface area contributed by atoms with E-state index in [1.165, 1.54) is 19.4 Å². The van der Waals surface area contributed by atoms with Gasteiger partial charge in [-0.25, -0.2) is 0 Å². The van der Waals surface area contributed by atoms with Crippen molar-refractivity contribution in [1.82, 2.24) is 5.32 Å². The number of esters is 1. The molecule has 0 atom stereocenters. The highest BCUT2D eigenvalue weighted by molar-refractivity contribution is 6.04. The van der Waals surface area contributed by atoms with Crippen LogP contribution in [-0.4, -0.2) is 25.4 Å². The lowest BCUT2D eigenvalue weighted by molar-refractivity contribution is -0.139. The normalized spacial score (nSPS) is 10.4. The zero-order valence-electron chi connectivity index (χ0n) is 12.3. The van der Waals surface area contributed by atoms with Crippen molar-refractivity contribution in [3.63, 3.8) is 0 Å². The van der Waals surface area contributed by atoms with Crippen LogP contribution in [0.1, 0.15) is 10.4 Å². The lowest BCUT2D eigenvalue weighted by Gasteiger charge is -2.02. The van der Waals surface area contributed by atoms with E-state index < -0.39 is 0 Å². The Labute approximate surface area is 129 Å². The first-order valence-corrected chi connectivity index (χ1v) is 6.87. The number of ketones is 1. The lowest BCUT2D eigenvalue weighted by atomic mass is 10.0. The third-order valence-corrected chi connectivity index (χ3v) is 3.10. The highest BCUT2D eigenvalue weighted by Crippen LogP contribution is 2.19. The molecule has 0 amide bonds. The molecule has 0 aromatic heterocycles. The Morgan fingerprint density at radius 1 is 1.00 bits per heavy atom. The molecule has 0 unspecified atom stereocenters. The quantitative estimate of drug-likeness (QED) is 0.506. The first-order chi connectivity index (χ1) is 10.7. The van der Waals surface area contributed by atoms with Crippen LogP contribution in [0, 0.1) is 0 Å². The van der Waals surface area contributed by atoms with E-state index in [-0.39, 0.29) is 18.3 Å². The van der Waals surface area contributed by atoms with Crippen molar-refractivity contribution in [2.24, 2.45) is 0 Å². The van der Waals surface area contributed by atoms with Crippen molar-refractivity contribution < 1.29 is 14.3 Å². The molecule has 0 aliphatic heterocycles. The number of ether oxygens (including phenoxy) is 1. The number of carbonyl (C=O) groups excluding carboxylic acids is 2. The van der Waals surface area contributed by atoms with Gasteiger partial charge in [0.2, 0.25) is 0 Å². The van der Waals surface area contributed by atoms with E-state index in [1.54, 1.807) is 12.1 Å². The van der Waals surface area contributed by atoms with E-state index in [1.807, 2.05) is 42.5 Å². The van der Waals surface area contributed by atoms with Crippen molar-refractivity contribution in [2.45, 2.75) is 0 Å². The summed E-state index contributed by atoms with van der Waals surface area (Å²) in [5, 5.41) is 2.70. The molecule has 0 heterocycles.